The van der Waals surface area contributed by atoms with Crippen molar-refractivity contribution in [3.63, 3.8) is 0 Å². The number of hydrogen-bond acceptors (Lipinski definition) is 2. The fraction of sp³-hybridized carbons (Fsp3) is 0.0556. The molecule has 4 aromatic rings. The van der Waals surface area contributed by atoms with Crippen molar-refractivity contribution in [3.05, 3.63) is 66.4 Å². The number of aryl methyl sites for hydroxylation is 1. The number of hydrogen-bond donors (Lipinski definition) is 0. The SMILES string of the molecule is Cc1cc(-c2ccco2)nc2ccc3ccccc3c12.Cl. The summed E-state index contributed by atoms with van der Waals surface area (Å²) in [4.78, 5) is 4.73. The third kappa shape index (κ3) is 2.18. The molecular formula is C18H14ClNO. The molecule has 4 rings (SSSR count). The van der Waals surface area contributed by atoms with Gasteiger partial charge in [0.15, 0.2) is 5.76 Å². The van der Waals surface area contributed by atoms with Crippen LogP contribution in [0.4, 0.5) is 0 Å². The van der Waals surface area contributed by atoms with Crippen molar-refractivity contribution in [2.75, 3.05) is 0 Å². The molecule has 2 heterocycles. The Hall–Kier alpha value is -2.32. The van der Waals surface area contributed by atoms with Gasteiger partial charge in [-0.3, -0.25) is 0 Å². The molecule has 0 spiro atoms. The molecule has 0 aliphatic heterocycles. The first-order valence-corrected chi connectivity index (χ1v) is 6.66. The maximum Gasteiger partial charge on any atom is 0.152 e. The molecule has 0 aliphatic rings. The molecule has 0 bridgehead atoms. The highest BCUT2D eigenvalue weighted by Crippen LogP contribution is 2.30. The van der Waals surface area contributed by atoms with E-state index in [-0.39, 0.29) is 12.4 Å². The number of nitrogens with zero attached hydrogens (tertiary/aromatic N) is 1. The van der Waals surface area contributed by atoms with Gasteiger partial charge in [0, 0.05) is 5.39 Å². The molecule has 2 nitrogen and oxygen atoms in total. The Labute approximate surface area is 128 Å². The van der Waals surface area contributed by atoms with Crippen molar-refractivity contribution in [1.82, 2.24) is 4.98 Å². The Kier molecular flexibility index (Phi) is 3.40. The zero-order chi connectivity index (χ0) is 13.5. The predicted octanol–water partition coefficient (Wildman–Crippen LogP) is 5.38. The van der Waals surface area contributed by atoms with Gasteiger partial charge in [-0.1, -0.05) is 30.3 Å². The van der Waals surface area contributed by atoms with E-state index in [1.165, 1.54) is 21.7 Å². The minimum absolute atomic E-state index is 0. The number of rotatable bonds is 1. The molecule has 0 atom stereocenters. The summed E-state index contributed by atoms with van der Waals surface area (Å²) in [6.07, 6.45) is 1.68. The Morgan fingerprint density at radius 1 is 0.952 bits per heavy atom. The number of pyridine rings is 1. The van der Waals surface area contributed by atoms with Crippen LogP contribution in [0, 0.1) is 6.92 Å². The van der Waals surface area contributed by atoms with E-state index in [4.69, 9.17) is 9.40 Å². The lowest BCUT2D eigenvalue weighted by atomic mass is 10.0. The smallest absolute Gasteiger partial charge is 0.152 e. The van der Waals surface area contributed by atoms with E-state index < -0.39 is 0 Å². The van der Waals surface area contributed by atoms with Gasteiger partial charge in [0.05, 0.1) is 11.8 Å². The van der Waals surface area contributed by atoms with Crippen LogP contribution >= 0.6 is 12.4 Å². The second-order valence-corrected chi connectivity index (χ2v) is 4.98. The molecule has 0 aliphatic carbocycles. The van der Waals surface area contributed by atoms with Crippen LogP contribution in [0.2, 0.25) is 0 Å². The molecule has 0 unspecified atom stereocenters. The maximum absolute atomic E-state index is 5.45. The summed E-state index contributed by atoms with van der Waals surface area (Å²) in [6, 6.07) is 18.5. The van der Waals surface area contributed by atoms with E-state index in [0.717, 1.165) is 17.0 Å². The Bertz CT molecular complexity index is 913. The highest BCUT2D eigenvalue weighted by Gasteiger charge is 2.09. The highest BCUT2D eigenvalue weighted by atomic mass is 35.5. The van der Waals surface area contributed by atoms with Gasteiger partial charge < -0.3 is 4.42 Å². The molecule has 2 aromatic heterocycles. The van der Waals surface area contributed by atoms with Gasteiger partial charge in [-0.05, 0) is 47.5 Å². The number of furan rings is 1. The normalized spacial score (nSPS) is 10.7. The Morgan fingerprint density at radius 2 is 1.81 bits per heavy atom. The van der Waals surface area contributed by atoms with Gasteiger partial charge in [0.2, 0.25) is 0 Å². The molecular weight excluding hydrogens is 282 g/mol. The summed E-state index contributed by atoms with van der Waals surface area (Å²) >= 11 is 0. The van der Waals surface area contributed by atoms with Crippen molar-refractivity contribution in [2.45, 2.75) is 6.92 Å². The summed E-state index contributed by atoms with van der Waals surface area (Å²) in [5, 5.41) is 3.72. The van der Waals surface area contributed by atoms with Gasteiger partial charge in [-0.2, -0.15) is 0 Å². The third-order valence-electron chi connectivity index (χ3n) is 3.67. The standard InChI is InChI=1S/C18H13NO.ClH/c1-12-11-16(17-7-4-10-20-17)19-15-9-8-13-5-2-3-6-14(13)18(12)15;/h2-11H,1H3;1H. The molecule has 0 amide bonds. The average molecular weight is 296 g/mol. The molecule has 0 N–H and O–H groups in total. The monoisotopic (exact) mass is 295 g/mol. The van der Waals surface area contributed by atoms with Crippen molar-refractivity contribution in [2.24, 2.45) is 0 Å². The van der Waals surface area contributed by atoms with Crippen LogP contribution < -0.4 is 0 Å². The van der Waals surface area contributed by atoms with Crippen LogP contribution in [0.25, 0.3) is 33.1 Å². The average Bonchev–Trinajstić information content (AvgIpc) is 3.01. The van der Waals surface area contributed by atoms with Crippen LogP contribution in [-0.2, 0) is 0 Å². The molecule has 104 valence electrons. The van der Waals surface area contributed by atoms with Gasteiger partial charge in [-0.15, -0.1) is 12.4 Å². The highest BCUT2D eigenvalue weighted by molar-refractivity contribution is 6.08. The van der Waals surface area contributed by atoms with Gasteiger partial charge >= 0.3 is 0 Å². The van der Waals surface area contributed by atoms with Crippen LogP contribution in [0.15, 0.2) is 65.3 Å². The lowest BCUT2D eigenvalue weighted by molar-refractivity contribution is 0.580. The number of halogens is 1. The summed E-state index contributed by atoms with van der Waals surface area (Å²) in [5.41, 5.74) is 3.11. The summed E-state index contributed by atoms with van der Waals surface area (Å²) in [5.74, 6) is 0.808. The molecule has 2 aromatic carbocycles. The first-order valence-electron chi connectivity index (χ1n) is 6.66. The van der Waals surface area contributed by atoms with Crippen LogP contribution in [0.1, 0.15) is 5.56 Å². The largest absolute Gasteiger partial charge is 0.463 e. The summed E-state index contributed by atoms with van der Waals surface area (Å²) in [7, 11) is 0. The van der Waals surface area contributed by atoms with E-state index in [1.54, 1.807) is 6.26 Å². The molecule has 0 fully saturated rings. The van der Waals surface area contributed by atoms with E-state index in [2.05, 4.69) is 49.4 Å². The zero-order valence-corrected chi connectivity index (χ0v) is 12.4. The fourth-order valence-corrected chi connectivity index (χ4v) is 2.76. The van der Waals surface area contributed by atoms with Crippen LogP contribution in [-0.4, -0.2) is 4.98 Å². The predicted molar refractivity (Wildman–Crippen MR) is 88.9 cm³/mol. The number of benzene rings is 2. The third-order valence-corrected chi connectivity index (χ3v) is 3.67. The first-order chi connectivity index (χ1) is 9.83. The maximum atomic E-state index is 5.45. The molecule has 21 heavy (non-hydrogen) atoms. The molecule has 0 saturated heterocycles. The van der Waals surface area contributed by atoms with Crippen molar-refractivity contribution < 1.29 is 4.42 Å². The Morgan fingerprint density at radius 3 is 2.62 bits per heavy atom. The Balaban J connectivity index is 0.00000132. The van der Waals surface area contributed by atoms with Crippen LogP contribution in [0.5, 0.6) is 0 Å². The fourth-order valence-electron chi connectivity index (χ4n) is 2.76. The van der Waals surface area contributed by atoms with Crippen molar-refractivity contribution in [1.29, 1.82) is 0 Å². The van der Waals surface area contributed by atoms with Gasteiger partial charge in [0.25, 0.3) is 0 Å². The molecule has 3 heteroatoms. The minimum Gasteiger partial charge on any atom is -0.463 e. The van der Waals surface area contributed by atoms with E-state index in [0.29, 0.717) is 0 Å². The summed E-state index contributed by atoms with van der Waals surface area (Å²) in [6.45, 7) is 2.13. The van der Waals surface area contributed by atoms with E-state index in [9.17, 15) is 0 Å². The second-order valence-electron chi connectivity index (χ2n) is 4.98. The zero-order valence-electron chi connectivity index (χ0n) is 11.5. The molecule has 0 radical (unpaired) electrons. The molecule has 0 saturated carbocycles. The van der Waals surface area contributed by atoms with Gasteiger partial charge in [-0.25, -0.2) is 4.98 Å². The minimum atomic E-state index is 0. The lowest BCUT2D eigenvalue weighted by Crippen LogP contribution is -1.89. The lowest BCUT2D eigenvalue weighted by Gasteiger charge is -2.08. The van der Waals surface area contributed by atoms with Crippen molar-refractivity contribution in [3.8, 4) is 11.5 Å². The van der Waals surface area contributed by atoms with Gasteiger partial charge in [0.1, 0.15) is 5.69 Å². The first kappa shape index (κ1) is 13.7. The quantitative estimate of drug-likeness (QED) is 0.441. The van der Waals surface area contributed by atoms with Crippen LogP contribution in [0.3, 0.4) is 0 Å². The van der Waals surface area contributed by atoms with Crippen molar-refractivity contribution >= 4 is 34.1 Å². The van der Waals surface area contributed by atoms with E-state index >= 15 is 0 Å². The second kappa shape index (κ2) is 5.23. The number of aromatic nitrogens is 1. The van der Waals surface area contributed by atoms with E-state index in [1.807, 2.05) is 12.1 Å². The summed E-state index contributed by atoms with van der Waals surface area (Å²) < 4.78 is 5.45. The number of fused-ring (bicyclic) bond motifs is 3. The topological polar surface area (TPSA) is 26.0 Å².